The van der Waals surface area contributed by atoms with Gasteiger partial charge in [0.1, 0.15) is 6.04 Å². The normalized spacial score (nSPS) is 27.7. The fraction of sp³-hybridized carbons (Fsp3) is 0.600. The second-order valence-electron chi connectivity index (χ2n) is 2.11. The molecule has 1 unspecified atom stereocenters. The van der Waals surface area contributed by atoms with E-state index in [1.54, 1.807) is 0 Å². The van der Waals surface area contributed by atoms with Crippen LogP contribution in [0.3, 0.4) is 0 Å². The van der Waals surface area contributed by atoms with Crippen molar-refractivity contribution in [1.82, 2.24) is 5.32 Å². The molecule has 1 saturated heterocycles. The van der Waals surface area contributed by atoms with E-state index in [9.17, 15) is 9.59 Å². The summed E-state index contributed by atoms with van der Waals surface area (Å²) in [7, 11) is 0. The van der Waals surface area contributed by atoms with Gasteiger partial charge in [-0.1, -0.05) is 0 Å². The third-order valence-corrected chi connectivity index (χ3v) is 2.50. The Morgan fingerprint density at radius 3 is 2.17 bits per heavy atom. The molecular weight excluding hydrogens is 186 g/mol. The van der Waals surface area contributed by atoms with E-state index in [4.69, 9.17) is 10.2 Å². The molecule has 1 aliphatic heterocycles. The average Bonchev–Trinajstić information content (AvgIpc) is 2.33. The highest BCUT2D eigenvalue weighted by molar-refractivity contribution is 8.00. The van der Waals surface area contributed by atoms with Gasteiger partial charge < -0.3 is 15.7 Å². The molecule has 0 aromatic heterocycles. The number of nitrogens with one attached hydrogen (secondary N) is 1. The Hall–Kier alpha value is -0.790. The zero-order chi connectivity index (χ0) is 8.43. The third-order valence-electron chi connectivity index (χ3n) is 1.30. The lowest BCUT2D eigenvalue weighted by molar-refractivity contribution is -0.139. The van der Waals surface area contributed by atoms with Crippen LogP contribution in [0.25, 0.3) is 0 Å². The Bertz CT molecular complexity index is 176. The van der Waals surface area contributed by atoms with E-state index in [-0.39, 0.29) is 5.48 Å². The highest BCUT2D eigenvalue weighted by Crippen LogP contribution is 2.18. The van der Waals surface area contributed by atoms with Gasteiger partial charge in [0.05, 0.1) is 0 Å². The zero-order valence-corrected chi connectivity index (χ0v) is 6.80. The topological polar surface area (TPSA) is 118 Å². The minimum atomic E-state index is -1.02. The second-order valence-corrected chi connectivity index (χ2v) is 3.25. The summed E-state index contributed by atoms with van der Waals surface area (Å²) in [5.41, 5.74) is 0. The molecule has 0 aromatic carbocycles. The minimum absolute atomic E-state index is 0. The summed E-state index contributed by atoms with van der Waals surface area (Å²) in [4.78, 5) is 20.6. The van der Waals surface area contributed by atoms with Crippen LogP contribution in [-0.4, -0.2) is 44.8 Å². The number of hydrogen-bond donors (Lipinski definition) is 3. The van der Waals surface area contributed by atoms with Crippen LogP contribution in [0.15, 0.2) is 0 Å². The molecule has 2 atom stereocenters. The number of aliphatic carboxylic acids is 2. The Labute approximate surface area is 72.3 Å². The van der Waals surface area contributed by atoms with Crippen molar-refractivity contribution in [1.29, 1.82) is 0 Å². The minimum Gasteiger partial charge on any atom is -0.480 e. The maximum absolute atomic E-state index is 10.3. The Balaban J connectivity index is 0.00000121. The fourth-order valence-corrected chi connectivity index (χ4v) is 1.78. The molecule has 0 saturated carbocycles. The van der Waals surface area contributed by atoms with Crippen molar-refractivity contribution < 1.29 is 25.3 Å². The van der Waals surface area contributed by atoms with Crippen molar-refractivity contribution >= 4 is 23.7 Å². The highest BCUT2D eigenvalue weighted by atomic mass is 32.2. The van der Waals surface area contributed by atoms with Gasteiger partial charge in [-0.3, -0.25) is 10.1 Å². The van der Waals surface area contributed by atoms with Gasteiger partial charge in [0, 0.05) is 5.75 Å². The van der Waals surface area contributed by atoms with Gasteiger partial charge in [0.25, 0.3) is 0 Å². The quantitative estimate of drug-likeness (QED) is 0.486. The molecule has 6 nitrogen and oxygen atoms in total. The molecule has 0 aromatic rings. The lowest BCUT2D eigenvalue weighted by atomic mass is 10.3. The number of carbonyl (C=O) groups is 2. The maximum Gasteiger partial charge on any atom is 0.331 e. The van der Waals surface area contributed by atoms with E-state index in [2.05, 4.69) is 5.32 Å². The third kappa shape index (κ3) is 2.36. The van der Waals surface area contributed by atoms with Crippen molar-refractivity contribution in [3.8, 4) is 0 Å². The standard InChI is InChI=1S/C5H7NO4S.H2O/c7-4(8)2-1-11-3(6-2)5(9)10;/h2-3,6H,1H2,(H,7,8)(H,9,10);1H2/t2-,3?;/m0./s1. The van der Waals surface area contributed by atoms with Crippen molar-refractivity contribution in [3.05, 3.63) is 0 Å². The first kappa shape index (κ1) is 11.2. The lowest BCUT2D eigenvalue weighted by Crippen LogP contribution is -2.39. The summed E-state index contributed by atoms with van der Waals surface area (Å²) in [5, 5.41) is 18.6. The van der Waals surface area contributed by atoms with Gasteiger partial charge in [-0.2, -0.15) is 0 Å². The van der Waals surface area contributed by atoms with Crippen LogP contribution in [0.5, 0.6) is 0 Å². The van der Waals surface area contributed by atoms with E-state index in [1.807, 2.05) is 0 Å². The van der Waals surface area contributed by atoms with E-state index in [0.29, 0.717) is 5.75 Å². The zero-order valence-electron chi connectivity index (χ0n) is 5.98. The second kappa shape index (κ2) is 4.29. The monoisotopic (exact) mass is 195 g/mol. The summed E-state index contributed by atoms with van der Waals surface area (Å²) in [6.45, 7) is 0. The lowest BCUT2D eigenvalue weighted by Gasteiger charge is -2.04. The average molecular weight is 195 g/mol. The first-order chi connectivity index (χ1) is 5.11. The summed E-state index contributed by atoms with van der Waals surface area (Å²) < 4.78 is 0. The number of carboxylic acid groups (broad SMARTS) is 2. The first-order valence-corrected chi connectivity index (χ1v) is 3.99. The van der Waals surface area contributed by atoms with Crippen LogP contribution in [0.1, 0.15) is 0 Å². The molecule has 1 heterocycles. The first-order valence-electron chi connectivity index (χ1n) is 2.94. The van der Waals surface area contributed by atoms with Gasteiger partial charge in [-0.25, -0.2) is 4.79 Å². The van der Waals surface area contributed by atoms with Crippen LogP contribution in [0.4, 0.5) is 0 Å². The SMILES string of the molecule is O.O=C(O)C1N[C@H](C(=O)O)CS1. The van der Waals surface area contributed by atoms with Crippen molar-refractivity contribution in [2.75, 3.05) is 5.75 Å². The molecular formula is C5H9NO5S. The van der Waals surface area contributed by atoms with Crippen molar-refractivity contribution in [2.24, 2.45) is 0 Å². The van der Waals surface area contributed by atoms with Gasteiger partial charge in [-0.05, 0) is 0 Å². The molecule has 0 amide bonds. The molecule has 12 heavy (non-hydrogen) atoms. The number of thioether (sulfide) groups is 1. The number of rotatable bonds is 2. The van der Waals surface area contributed by atoms with Gasteiger partial charge in [0.15, 0.2) is 5.37 Å². The van der Waals surface area contributed by atoms with Crippen LogP contribution in [0, 0.1) is 0 Å². The number of hydrogen-bond acceptors (Lipinski definition) is 4. The molecule has 7 heteroatoms. The molecule has 5 N–H and O–H groups in total. The van der Waals surface area contributed by atoms with E-state index in [0.717, 1.165) is 11.8 Å². The largest absolute Gasteiger partial charge is 0.480 e. The molecule has 0 aliphatic carbocycles. The van der Waals surface area contributed by atoms with E-state index in [1.165, 1.54) is 0 Å². The molecule has 0 radical (unpaired) electrons. The Morgan fingerprint density at radius 1 is 1.33 bits per heavy atom. The molecule has 0 bridgehead atoms. The molecule has 1 fully saturated rings. The molecule has 70 valence electrons. The van der Waals surface area contributed by atoms with Gasteiger partial charge >= 0.3 is 11.9 Å². The summed E-state index contributed by atoms with van der Waals surface area (Å²) in [5.74, 6) is -1.70. The van der Waals surface area contributed by atoms with Crippen molar-refractivity contribution in [2.45, 2.75) is 11.4 Å². The highest BCUT2D eigenvalue weighted by Gasteiger charge is 2.33. The van der Waals surface area contributed by atoms with Crippen LogP contribution in [-0.2, 0) is 9.59 Å². The number of carboxylic acids is 2. The predicted molar refractivity (Wildman–Crippen MR) is 42.1 cm³/mol. The predicted octanol–water partition coefficient (Wildman–Crippen LogP) is -1.64. The summed E-state index contributed by atoms with van der Waals surface area (Å²) >= 11 is 1.10. The van der Waals surface area contributed by atoms with E-state index >= 15 is 0 Å². The van der Waals surface area contributed by atoms with Gasteiger partial charge in [-0.15, -0.1) is 11.8 Å². The van der Waals surface area contributed by atoms with Crippen LogP contribution in [0.2, 0.25) is 0 Å². The summed E-state index contributed by atoms with van der Waals surface area (Å²) in [6, 6.07) is -0.721. The molecule has 1 aliphatic rings. The maximum atomic E-state index is 10.3. The van der Waals surface area contributed by atoms with Crippen LogP contribution < -0.4 is 5.32 Å². The van der Waals surface area contributed by atoms with Gasteiger partial charge in [0.2, 0.25) is 0 Å². The Morgan fingerprint density at radius 2 is 1.92 bits per heavy atom. The molecule has 0 spiro atoms. The van der Waals surface area contributed by atoms with E-state index < -0.39 is 23.4 Å². The Kier molecular flexibility index (Phi) is 4.01. The molecule has 1 rings (SSSR count). The van der Waals surface area contributed by atoms with Crippen molar-refractivity contribution in [3.63, 3.8) is 0 Å². The summed E-state index contributed by atoms with van der Waals surface area (Å²) in [6.07, 6.45) is 0. The van der Waals surface area contributed by atoms with Crippen LogP contribution >= 0.6 is 11.8 Å². The smallest absolute Gasteiger partial charge is 0.331 e. The fourth-order valence-electron chi connectivity index (χ4n) is 0.757.